The van der Waals surface area contributed by atoms with Crippen molar-refractivity contribution >= 4 is 22.6 Å². The third kappa shape index (κ3) is 3.35. The van der Waals surface area contributed by atoms with E-state index in [1.807, 2.05) is 49.4 Å². The predicted octanol–water partition coefficient (Wildman–Crippen LogP) is 1.76. The highest BCUT2D eigenvalue weighted by Gasteiger charge is 2.15. The number of amides is 2. The third-order valence-corrected chi connectivity index (χ3v) is 3.27. The van der Waals surface area contributed by atoms with E-state index in [2.05, 4.69) is 5.32 Å². The molecule has 4 heteroatoms. The summed E-state index contributed by atoms with van der Waals surface area (Å²) in [7, 11) is 0. The number of fused-ring (bicyclic) bond motifs is 1. The zero-order valence-electron chi connectivity index (χ0n) is 11.4. The summed E-state index contributed by atoms with van der Waals surface area (Å²) in [6, 6.07) is 13.3. The summed E-state index contributed by atoms with van der Waals surface area (Å²) in [5.74, 6) is -0.690. The number of benzene rings is 2. The van der Waals surface area contributed by atoms with Gasteiger partial charge in [-0.2, -0.15) is 0 Å². The third-order valence-electron chi connectivity index (χ3n) is 3.27. The molecule has 0 saturated heterocycles. The van der Waals surface area contributed by atoms with Crippen LogP contribution in [0.25, 0.3) is 10.8 Å². The van der Waals surface area contributed by atoms with Crippen molar-refractivity contribution in [1.29, 1.82) is 0 Å². The number of rotatable bonds is 5. The molecule has 0 aliphatic carbocycles. The SMILES string of the molecule is CC[C@H](NC(=O)Cc1ccc2ccccc2c1)C(N)=O. The fourth-order valence-electron chi connectivity index (χ4n) is 2.15. The average molecular weight is 270 g/mol. The molecule has 0 spiro atoms. The summed E-state index contributed by atoms with van der Waals surface area (Å²) >= 11 is 0. The molecule has 0 aromatic heterocycles. The normalized spacial score (nSPS) is 12.1. The van der Waals surface area contributed by atoms with Crippen LogP contribution < -0.4 is 11.1 Å². The molecule has 2 rings (SSSR count). The van der Waals surface area contributed by atoms with Gasteiger partial charge in [-0.1, -0.05) is 49.4 Å². The summed E-state index contributed by atoms with van der Waals surface area (Å²) in [4.78, 5) is 23.0. The van der Waals surface area contributed by atoms with Crippen LogP contribution in [0.1, 0.15) is 18.9 Å². The van der Waals surface area contributed by atoms with Crippen molar-refractivity contribution in [3.8, 4) is 0 Å². The van der Waals surface area contributed by atoms with Gasteiger partial charge in [-0.25, -0.2) is 0 Å². The average Bonchev–Trinajstić information content (AvgIpc) is 2.44. The van der Waals surface area contributed by atoms with Gasteiger partial charge in [0.25, 0.3) is 0 Å². The molecule has 0 aliphatic rings. The van der Waals surface area contributed by atoms with Crippen LogP contribution in [0.4, 0.5) is 0 Å². The van der Waals surface area contributed by atoms with Gasteiger partial charge in [0, 0.05) is 0 Å². The molecule has 104 valence electrons. The summed E-state index contributed by atoms with van der Waals surface area (Å²) < 4.78 is 0. The fourth-order valence-corrected chi connectivity index (χ4v) is 2.15. The first-order chi connectivity index (χ1) is 9.60. The van der Waals surface area contributed by atoms with Gasteiger partial charge in [0.15, 0.2) is 0 Å². The number of primary amides is 1. The molecule has 0 unspecified atom stereocenters. The summed E-state index contributed by atoms with van der Waals surface area (Å²) in [6.07, 6.45) is 0.743. The van der Waals surface area contributed by atoms with Crippen LogP contribution in [0, 0.1) is 0 Å². The van der Waals surface area contributed by atoms with Gasteiger partial charge in [-0.05, 0) is 22.8 Å². The maximum atomic E-state index is 11.9. The first kappa shape index (κ1) is 14.1. The molecule has 0 heterocycles. The van der Waals surface area contributed by atoms with Crippen molar-refractivity contribution in [2.75, 3.05) is 0 Å². The number of hydrogen-bond donors (Lipinski definition) is 2. The molecule has 2 amide bonds. The molecule has 3 N–H and O–H groups in total. The van der Waals surface area contributed by atoms with Crippen LogP contribution in [0.5, 0.6) is 0 Å². The predicted molar refractivity (Wildman–Crippen MR) is 79.1 cm³/mol. The Morgan fingerprint density at radius 2 is 1.85 bits per heavy atom. The Morgan fingerprint density at radius 1 is 1.15 bits per heavy atom. The van der Waals surface area contributed by atoms with E-state index in [9.17, 15) is 9.59 Å². The lowest BCUT2D eigenvalue weighted by atomic mass is 10.0. The van der Waals surface area contributed by atoms with Gasteiger partial charge in [-0.3, -0.25) is 9.59 Å². The Bertz CT molecular complexity index is 637. The van der Waals surface area contributed by atoms with E-state index in [0.717, 1.165) is 16.3 Å². The highest BCUT2D eigenvalue weighted by Crippen LogP contribution is 2.15. The summed E-state index contributed by atoms with van der Waals surface area (Å²) in [5, 5.41) is 4.89. The van der Waals surface area contributed by atoms with Crippen molar-refractivity contribution in [3.05, 3.63) is 48.0 Å². The lowest BCUT2D eigenvalue weighted by molar-refractivity contribution is -0.127. The van der Waals surface area contributed by atoms with Crippen molar-refractivity contribution < 1.29 is 9.59 Å². The van der Waals surface area contributed by atoms with Crippen LogP contribution >= 0.6 is 0 Å². The van der Waals surface area contributed by atoms with Gasteiger partial charge in [0.2, 0.25) is 11.8 Å². The Morgan fingerprint density at radius 3 is 2.50 bits per heavy atom. The molecular weight excluding hydrogens is 252 g/mol. The van der Waals surface area contributed by atoms with Crippen molar-refractivity contribution in [2.24, 2.45) is 5.73 Å². The molecule has 0 saturated carbocycles. The highest BCUT2D eigenvalue weighted by atomic mass is 16.2. The zero-order valence-corrected chi connectivity index (χ0v) is 11.4. The van der Waals surface area contributed by atoms with E-state index >= 15 is 0 Å². The molecule has 0 radical (unpaired) electrons. The van der Waals surface area contributed by atoms with Crippen LogP contribution in [0.3, 0.4) is 0 Å². The monoisotopic (exact) mass is 270 g/mol. The molecule has 2 aromatic carbocycles. The van der Waals surface area contributed by atoms with Gasteiger partial charge < -0.3 is 11.1 Å². The molecule has 20 heavy (non-hydrogen) atoms. The minimum atomic E-state index is -0.594. The number of hydrogen-bond acceptors (Lipinski definition) is 2. The van der Waals surface area contributed by atoms with Crippen molar-refractivity contribution in [3.63, 3.8) is 0 Å². The van der Waals surface area contributed by atoms with Gasteiger partial charge in [0.1, 0.15) is 6.04 Å². The van der Waals surface area contributed by atoms with Crippen molar-refractivity contribution in [1.82, 2.24) is 5.32 Å². The smallest absolute Gasteiger partial charge is 0.239 e. The van der Waals surface area contributed by atoms with Crippen molar-refractivity contribution in [2.45, 2.75) is 25.8 Å². The highest BCUT2D eigenvalue weighted by molar-refractivity contribution is 5.88. The summed E-state index contributed by atoms with van der Waals surface area (Å²) in [6.45, 7) is 1.81. The zero-order chi connectivity index (χ0) is 14.5. The van der Waals surface area contributed by atoms with E-state index in [-0.39, 0.29) is 12.3 Å². The largest absolute Gasteiger partial charge is 0.368 e. The second-order valence-electron chi connectivity index (χ2n) is 4.79. The topological polar surface area (TPSA) is 72.2 Å². The molecule has 1 atom stereocenters. The molecule has 4 nitrogen and oxygen atoms in total. The van der Waals surface area contributed by atoms with E-state index in [4.69, 9.17) is 5.73 Å². The lowest BCUT2D eigenvalue weighted by Gasteiger charge is -2.13. The first-order valence-corrected chi connectivity index (χ1v) is 6.66. The second kappa shape index (κ2) is 6.19. The molecule has 2 aromatic rings. The minimum Gasteiger partial charge on any atom is -0.368 e. The number of nitrogens with two attached hydrogens (primary N) is 1. The van der Waals surface area contributed by atoms with E-state index in [1.54, 1.807) is 0 Å². The number of carbonyl (C=O) groups is 2. The molecule has 0 bridgehead atoms. The number of carbonyl (C=O) groups excluding carboxylic acids is 2. The molecule has 0 aliphatic heterocycles. The first-order valence-electron chi connectivity index (χ1n) is 6.66. The van der Waals surface area contributed by atoms with Gasteiger partial charge in [0.05, 0.1) is 6.42 Å². The maximum absolute atomic E-state index is 11.9. The van der Waals surface area contributed by atoms with Crippen LogP contribution in [-0.2, 0) is 16.0 Å². The maximum Gasteiger partial charge on any atom is 0.239 e. The van der Waals surface area contributed by atoms with Crippen LogP contribution in [-0.4, -0.2) is 17.9 Å². The standard InChI is InChI=1S/C16H18N2O2/c1-2-14(16(17)20)18-15(19)10-11-7-8-12-5-3-4-6-13(12)9-11/h3-9,14H,2,10H2,1H3,(H2,17,20)(H,18,19)/t14-/m0/s1. The van der Waals surface area contributed by atoms with Crippen LogP contribution in [0.2, 0.25) is 0 Å². The Hall–Kier alpha value is -2.36. The summed E-state index contributed by atoms with van der Waals surface area (Å²) in [5.41, 5.74) is 6.13. The van der Waals surface area contributed by atoms with E-state index in [0.29, 0.717) is 6.42 Å². The lowest BCUT2D eigenvalue weighted by Crippen LogP contribution is -2.44. The van der Waals surface area contributed by atoms with Gasteiger partial charge in [-0.15, -0.1) is 0 Å². The Balaban J connectivity index is 2.07. The van der Waals surface area contributed by atoms with Gasteiger partial charge >= 0.3 is 0 Å². The van der Waals surface area contributed by atoms with E-state index < -0.39 is 11.9 Å². The fraction of sp³-hybridized carbons (Fsp3) is 0.250. The molecular formula is C16H18N2O2. The Labute approximate surface area is 118 Å². The second-order valence-corrected chi connectivity index (χ2v) is 4.79. The van der Waals surface area contributed by atoms with E-state index in [1.165, 1.54) is 0 Å². The molecule has 0 fully saturated rings. The quantitative estimate of drug-likeness (QED) is 0.869. The minimum absolute atomic E-state index is 0.189. The Kier molecular flexibility index (Phi) is 4.35. The van der Waals surface area contributed by atoms with Crippen LogP contribution in [0.15, 0.2) is 42.5 Å². The number of nitrogens with one attached hydrogen (secondary N) is 1.